The molecule has 0 aliphatic heterocycles. The van der Waals surface area contributed by atoms with Crippen LogP contribution in [-0.2, 0) is 4.79 Å². The quantitative estimate of drug-likeness (QED) is 0.791. The Morgan fingerprint density at radius 1 is 1.08 bits per heavy atom. The summed E-state index contributed by atoms with van der Waals surface area (Å²) in [5.41, 5.74) is 2.02. The fraction of sp³-hybridized carbons (Fsp3) is 0.278. The van der Waals surface area contributed by atoms with Gasteiger partial charge in [0.1, 0.15) is 5.75 Å². The van der Waals surface area contributed by atoms with Crippen LogP contribution < -0.4 is 14.8 Å². The van der Waals surface area contributed by atoms with Crippen molar-refractivity contribution in [2.24, 2.45) is 0 Å². The van der Waals surface area contributed by atoms with Crippen LogP contribution in [-0.4, -0.2) is 30.9 Å². The minimum atomic E-state index is -0.248. The number of nitrogens with one attached hydrogen (secondary N) is 1. The molecule has 0 bridgehead atoms. The van der Waals surface area contributed by atoms with E-state index in [9.17, 15) is 9.59 Å². The molecule has 2 rings (SSSR count). The van der Waals surface area contributed by atoms with Crippen LogP contribution in [0.25, 0.3) is 0 Å². The number of rotatable bonds is 7. The van der Waals surface area contributed by atoms with E-state index in [4.69, 9.17) is 9.47 Å². The molecule has 126 valence electrons. The summed E-state index contributed by atoms with van der Waals surface area (Å²) in [5.74, 6) is 0.612. The average Bonchev–Trinajstić information content (AvgIpc) is 2.60. The highest BCUT2D eigenvalue weighted by atomic mass is 16.5. The van der Waals surface area contributed by atoms with E-state index in [1.54, 1.807) is 24.3 Å². The second-order valence-corrected chi connectivity index (χ2v) is 5.26. The first-order chi connectivity index (χ1) is 11.5. The Balaban J connectivity index is 1.93. The highest BCUT2D eigenvalue weighted by Gasteiger charge is 2.14. The third kappa shape index (κ3) is 4.55. The summed E-state index contributed by atoms with van der Waals surface area (Å²) in [5, 5.41) is 2.70. The van der Waals surface area contributed by atoms with Crippen LogP contribution in [0, 0.1) is 6.92 Å². The minimum Gasteiger partial charge on any atom is -0.496 e. The monoisotopic (exact) mass is 328 g/mol. The molecule has 1 N–H and O–H groups in total. The highest BCUT2D eigenvalue weighted by Crippen LogP contribution is 2.22. The van der Waals surface area contributed by atoms with Crippen molar-refractivity contribution in [1.29, 1.82) is 0 Å². The standard InChI is InChI=1S/C18H20N2O4/c1-12-4-7-16(23-2)14(10-12)15(21)6-8-17(22)20-13-5-9-18(24-3)19-11-13/h4-5,7,9-11H,6,8H2,1-3H3,(H,20,22). The Bertz CT molecular complexity index is 726. The maximum atomic E-state index is 12.3. The minimum absolute atomic E-state index is 0.0853. The van der Waals surface area contributed by atoms with Gasteiger partial charge in [-0.05, 0) is 25.1 Å². The Morgan fingerprint density at radius 2 is 1.88 bits per heavy atom. The number of ketones is 1. The molecule has 0 radical (unpaired) electrons. The van der Waals surface area contributed by atoms with Crippen LogP contribution in [0.3, 0.4) is 0 Å². The molecule has 0 spiro atoms. The number of nitrogens with zero attached hydrogens (tertiary/aromatic N) is 1. The zero-order valence-electron chi connectivity index (χ0n) is 14.0. The molecule has 6 nitrogen and oxygen atoms in total. The summed E-state index contributed by atoms with van der Waals surface area (Å²) in [4.78, 5) is 28.3. The predicted octanol–water partition coefficient (Wildman–Crippen LogP) is 3.01. The average molecular weight is 328 g/mol. The van der Waals surface area contributed by atoms with Gasteiger partial charge in [-0.25, -0.2) is 4.98 Å². The first-order valence-corrected chi connectivity index (χ1v) is 7.51. The van der Waals surface area contributed by atoms with E-state index in [1.165, 1.54) is 20.4 Å². The van der Waals surface area contributed by atoms with E-state index in [1.807, 2.05) is 13.0 Å². The van der Waals surface area contributed by atoms with Crippen molar-refractivity contribution in [3.8, 4) is 11.6 Å². The molecule has 0 saturated heterocycles. The topological polar surface area (TPSA) is 77.5 Å². The molecular formula is C18H20N2O4. The number of carbonyl (C=O) groups excluding carboxylic acids is 2. The molecule has 0 saturated carbocycles. The number of methoxy groups -OCH3 is 2. The Kier molecular flexibility index (Phi) is 5.89. The first-order valence-electron chi connectivity index (χ1n) is 7.51. The lowest BCUT2D eigenvalue weighted by Crippen LogP contribution is -2.14. The Labute approximate surface area is 140 Å². The van der Waals surface area contributed by atoms with Crippen LogP contribution in [0.1, 0.15) is 28.8 Å². The van der Waals surface area contributed by atoms with Crippen LogP contribution in [0.15, 0.2) is 36.5 Å². The lowest BCUT2D eigenvalue weighted by molar-refractivity contribution is -0.116. The van der Waals surface area contributed by atoms with Crippen molar-refractivity contribution >= 4 is 17.4 Å². The van der Waals surface area contributed by atoms with Gasteiger partial charge in [0.05, 0.1) is 31.7 Å². The van der Waals surface area contributed by atoms with Crippen molar-refractivity contribution in [2.75, 3.05) is 19.5 Å². The predicted molar refractivity (Wildman–Crippen MR) is 90.7 cm³/mol. The molecule has 6 heteroatoms. The maximum Gasteiger partial charge on any atom is 0.224 e. The van der Waals surface area contributed by atoms with Crippen molar-refractivity contribution in [3.63, 3.8) is 0 Å². The van der Waals surface area contributed by atoms with Gasteiger partial charge in [0.15, 0.2) is 5.78 Å². The van der Waals surface area contributed by atoms with Gasteiger partial charge in [0.2, 0.25) is 11.8 Å². The molecular weight excluding hydrogens is 308 g/mol. The molecule has 0 aliphatic rings. The SMILES string of the molecule is COc1ccc(NC(=O)CCC(=O)c2cc(C)ccc2OC)cn1. The number of carbonyl (C=O) groups is 2. The second-order valence-electron chi connectivity index (χ2n) is 5.26. The summed E-state index contributed by atoms with van der Waals surface area (Å²) in [7, 11) is 3.04. The molecule has 2 aromatic rings. The number of hydrogen-bond donors (Lipinski definition) is 1. The van der Waals surface area contributed by atoms with Crippen molar-refractivity contribution in [3.05, 3.63) is 47.7 Å². The van der Waals surface area contributed by atoms with Gasteiger partial charge in [0, 0.05) is 18.9 Å². The van der Waals surface area contributed by atoms with Gasteiger partial charge in [-0.1, -0.05) is 11.6 Å². The summed E-state index contributed by atoms with van der Waals surface area (Å²) in [6, 6.07) is 8.74. The van der Waals surface area contributed by atoms with Gasteiger partial charge >= 0.3 is 0 Å². The largest absolute Gasteiger partial charge is 0.496 e. The maximum absolute atomic E-state index is 12.3. The number of anilines is 1. The normalized spacial score (nSPS) is 10.1. The van der Waals surface area contributed by atoms with Crippen molar-refractivity contribution < 1.29 is 19.1 Å². The number of ether oxygens (including phenoxy) is 2. The summed E-state index contributed by atoms with van der Waals surface area (Å²) >= 11 is 0. The molecule has 1 aromatic heterocycles. The number of benzene rings is 1. The molecule has 0 aliphatic carbocycles. The zero-order chi connectivity index (χ0) is 17.5. The lowest BCUT2D eigenvalue weighted by atomic mass is 10.0. The first kappa shape index (κ1) is 17.5. The number of hydrogen-bond acceptors (Lipinski definition) is 5. The highest BCUT2D eigenvalue weighted by molar-refractivity contribution is 6.01. The molecule has 0 unspecified atom stereocenters. The van der Waals surface area contributed by atoms with Crippen molar-refractivity contribution in [2.45, 2.75) is 19.8 Å². The van der Waals surface area contributed by atoms with E-state index < -0.39 is 0 Å². The summed E-state index contributed by atoms with van der Waals surface area (Å²) in [6.45, 7) is 1.90. The smallest absolute Gasteiger partial charge is 0.224 e. The van der Waals surface area contributed by atoms with Crippen LogP contribution in [0.2, 0.25) is 0 Å². The van der Waals surface area contributed by atoms with E-state index in [0.717, 1.165) is 5.56 Å². The molecule has 1 aromatic carbocycles. The molecule has 1 amide bonds. The van der Waals surface area contributed by atoms with Crippen LogP contribution in [0.5, 0.6) is 11.6 Å². The van der Waals surface area contributed by atoms with Gasteiger partial charge < -0.3 is 14.8 Å². The third-order valence-corrected chi connectivity index (χ3v) is 3.46. The number of aromatic nitrogens is 1. The summed E-state index contributed by atoms with van der Waals surface area (Å²) < 4.78 is 10.2. The molecule has 0 atom stereocenters. The Hall–Kier alpha value is -2.89. The van der Waals surface area contributed by atoms with Crippen LogP contribution >= 0.6 is 0 Å². The van der Waals surface area contributed by atoms with Gasteiger partial charge in [0.25, 0.3) is 0 Å². The lowest BCUT2D eigenvalue weighted by Gasteiger charge is -2.09. The van der Waals surface area contributed by atoms with E-state index in [0.29, 0.717) is 22.9 Å². The second kappa shape index (κ2) is 8.10. The van der Waals surface area contributed by atoms with Gasteiger partial charge in [-0.3, -0.25) is 9.59 Å². The summed E-state index contributed by atoms with van der Waals surface area (Å²) in [6.07, 6.45) is 1.69. The third-order valence-electron chi connectivity index (χ3n) is 3.46. The molecule has 1 heterocycles. The fourth-order valence-corrected chi connectivity index (χ4v) is 2.20. The van der Waals surface area contributed by atoms with Crippen LogP contribution in [0.4, 0.5) is 5.69 Å². The Morgan fingerprint density at radius 3 is 2.50 bits per heavy atom. The zero-order valence-corrected chi connectivity index (χ0v) is 14.0. The number of amides is 1. The number of aryl methyl sites for hydroxylation is 1. The molecule has 0 fully saturated rings. The van der Waals surface area contributed by atoms with Crippen molar-refractivity contribution in [1.82, 2.24) is 4.98 Å². The fourth-order valence-electron chi connectivity index (χ4n) is 2.20. The van der Waals surface area contributed by atoms with E-state index in [2.05, 4.69) is 10.3 Å². The van der Waals surface area contributed by atoms with E-state index >= 15 is 0 Å². The molecule has 24 heavy (non-hydrogen) atoms. The van der Waals surface area contributed by atoms with E-state index in [-0.39, 0.29) is 24.5 Å². The van der Waals surface area contributed by atoms with Gasteiger partial charge in [-0.15, -0.1) is 0 Å². The van der Waals surface area contributed by atoms with Gasteiger partial charge in [-0.2, -0.15) is 0 Å². The number of Topliss-reactive ketones (excluding diaryl/α,β-unsaturated/α-hetero) is 1. The number of pyridine rings is 1.